The number of amides is 1. The van der Waals surface area contributed by atoms with E-state index in [1.165, 1.54) is 6.26 Å². The van der Waals surface area contributed by atoms with Gasteiger partial charge in [-0.2, -0.15) is 0 Å². The number of nitrogens with one attached hydrogen (secondary N) is 1. The van der Waals surface area contributed by atoms with Crippen LogP contribution in [0.5, 0.6) is 0 Å². The van der Waals surface area contributed by atoms with E-state index in [0.29, 0.717) is 0 Å². The molecule has 3 aromatic rings. The summed E-state index contributed by atoms with van der Waals surface area (Å²) in [5.41, 5.74) is 2.30. The van der Waals surface area contributed by atoms with E-state index in [4.69, 9.17) is 4.52 Å². The molecule has 0 spiro atoms. The summed E-state index contributed by atoms with van der Waals surface area (Å²) in [7, 11) is 0. The predicted molar refractivity (Wildman–Crippen MR) is 78.7 cm³/mol. The van der Waals surface area contributed by atoms with E-state index < -0.39 is 0 Å². The maximum Gasteiger partial charge on any atom is 0.274 e. The molecule has 2 aromatic carbocycles. The van der Waals surface area contributed by atoms with E-state index in [2.05, 4.69) is 10.5 Å². The molecule has 0 aliphatic heterocycles. The standard InChI is InChI=1S/C17H14N2O2/c20-17(15-11-12-21-19-15)18-16(13-7-3-1-4-8-13)14-9-5-2-6-10-14/h1-12,16H,(H,18,20). The van der Waals surface area contributed by atoms with Crippen LogP contribution in [0.15, 0.2) is 77.5 Å². The van der Waals surface area contributed by atoms with Crippen LogP contribution in [0.3, 0.4) is 0 Å². The first-order chi connectivity index (χ1) is 10.3. The van der Waals surface area contributed by atoms with Crippen LogP contribution >= 0.6 is 0 Å². The summed E-state index contributed by atoms with van der Waals surface area (Å²) in [5.74, 6) is -0.263. The Morgan fingerprint density at radius 2 is 1.48 bits per heavy atom. The summed E-state index contributed by atoms with van der Waals surface area (Å²) < 4.78 is 4.72. The smallest absolute Gasteiger partial charge is 0.274 e. The second-order valence-corrected chi connectivity index (χ2v) is 4.61. The van der Waals surface area contributed by atoms with Crippen molar-refractivity contribution in [3.8, 4) is 0 Å². The molecule has 1 heterocycles. The largest absolute Gasteiger partial charge is 0.364 e. The summed E-state index contributed by atoms with van der Waals surface area (Å²) in [6.45, 7) is 0. The third kappa shape index (κ3) is 3.00. The van der Waals surface area contributed by atoms with Crippen LogP contribution in [0.4, 0.5) is 0 Å². The van der Waals surface area contributed by atoms with Crippen molar-refractivity contribution in [1.82, 2.24) is 10.5 Å². The van der Waals surface area contributed by atoms with Gasteiger partial charge < -0.3 is 9.84 Å². The van der Waals surface area contributed by atoms with E-state index in [1.807, 2.05) is 60.7 Å². The van der Waals surface area contributed by atoms with Gasteiger partial charge in [0.2, 0.25) is 0 Å². The first-order valence-electron chi connectivity index (χ1n) is 6.66. The van der Waals surface area contributed by atoms with E-state index >= 15 is 0 Å². The number of carbonyl (C=O) groups excluding carboxylic acids is 1. The summed E-state index contributed by atoms with van der Waals surface area (Å²) in [5, 5.41) is 6.66. The Morgan fingerprint density at radius 3 is 1.95 bits per heavy atom. The van der Waals surface area contributed by atoms with Crippen molar-refractivity contribution in [2.45, 2.75) is 6.04 Å². The van der Waals surface area contributed by atoms with Crippen molar-refractivity contribution in [3.05, 3.63) is 89.8 Å². The first-order valence-corrected chi connectivity index (χ1v) is 6.66. The summed E-state index contributed by atoms with van der Waals surface area (Å²) >= 11 is 0. The van der Waals surface area contributed by atoms with Crippen molar-refractivity contribution in [2.75, 3.05) is 0 Å². The molecule has 1 amide bonds. The maximum absolute atomic E-state index is 12.2. The van der Waals surface area contributed by atoms with Gasteiger partial charge in [-0.15, -0.1) is 0 Å². The molecule has 1 N–H and O–H groups in total. The van der Waals surface area contributed by atoms with E-state index in [9.17, 15) is 4.79 Å². The minimum atomic E-state index is -0.263. The zero-order valence-electron chi connectivity index (χ0n) is 11.3. The molecule has 0 radical (unpaired) electrons. The zero-order chi connectivity index (χ0) is 14.5. The summed E-state index contributed by atoms with van der Waals surface area (Å²) in [6, 6.07) is 21.0. The molecule has 4 heteroatoms. The van der Waals surface area contributed by atoms with Crippen molar-refractivity contribution in [3.63, 3.8) is 0 Å². The van der Waals surface area contributed by atoms with Gasteiger partial charge in [0.25, 0.3) is 5.91 Å². The molecular formula is C17H14N2O2. The fraction of sp³-hybridized carbons (Fsp3) is 0.0588. The lowest BCUT2D eigenvalue weighted by atomic mass is 9.98. The number of benzene rings is 2. The second kappa shape index (κ2) is 6.05. The Labute approximate surface area is 122 Å². The topological polar surface area (TPSA) is 55.1 Å². The van der Waals surface area contributed by atoms with Crippen LogP contribution in [-0.4, -0.2) is 11.1 Å². The van der Waals surface area contributed by atoms with Crippen LogP contribution in [0, 0.1) is 0 Å². The van der Waals surface area contributed by atoms with Crippen LogP contribution < -0.4 is 5.32 Å². The van der Waals surface area contributed by atoms with Gasteiger partial charge in [-0.1, -0.05) is 65.8 Å². The normalized spacial score (nSPS) is 10.5. The van der Waals surface area contributed by atoms with Crippen molar-refractivity contribution >= 4 is 5.91 Å². The van der Waals surface area contributed by atoms with Gasteiger partial charge >= 0.3 is 0 Å². The highest BCUT2D eigenvalue weighted by molar-refractivity contribution is 5.92. The lowest BCUT2D eigenvalue weighted by Crippen LogP contribution is -2.29. The molecule has 1 aromatic heterocycles. The van der Waals surface area contributed by atoms with Crippen LogP contribution in [0.25, 0.3) is 0 Å². The number of hydrogen-bond donors (Lipinski definition) is 1. The molecule has 0 fully saturated rings. The predicted octanol–water partition coefficient (Wildman–Crippen LogP) is 3.19. The number of nitrogens with zero attached hydrogens (tertiary/aromatic N) is 1. The monoisotopic (exact) mass is 278 g/mol. The fourth-order valence-electron chi connectivity index (χ4n) is 2.18. The molecule has 0 atom stereocenters. The summed E-state index contributed by atoms with van der Waals surface area (Å²) in [4.78, 5) is 12.2. The highest BCUT2D eigenvalue weighted by Gasteiger charge is 2.18. The van der Waals surface area contributed by atoms with Gasteiger partial charge in [0.05, 0.1) is 6.04 Å². The minimum absolute atomic E-state index is 0.225. The summed E-state index contributed by atoms with van der Waals surface area (Å²) in [6.07, 6.45) is 1.38. The van der Waals surface area contributed by atoms with Crippen molar-refractivity contribution < 1.29 is 9.32 Å². The average Bonchev–Trinajstić information content (AvgIpc) is 3.09. The highest BCUT2D eigenvalue weighted by Crippen LogP contribution is 2.22. The molecule has 0 aliphatic carbocycles. The Balaban J connectivity index is 1.92. The molecule has 0 saturated heterocycles. The zero-order valence-corrected chi connectivity index (χ0v) is 11.3. The van der Waals surface area contributed by atoms with E-state index in [0.717, 1.165) is 11.1 Å². The highest BCUT2D eigenvalue weighted by atomic mass is 16.5. The maximum atomic E-state index is 12.2. The lowest BCUT2D eigenvalue weighted by molar-refractivity contribution is 0.0934. The number of hydrogen-bond acceptors (Lipinski definition) is 3. The number of carbonyl (C=O) groups is 1. The molecule has 21 heavy (non-hydrogen) atoms. The molecule has 4 nitrogen and oxygen atoms in total. The fourth-order valence-corrected chi connectivity index (χ4v) is 2.18. The van der Waals surface area contributed by atoms with E-state index in [1.54, 1.807) is 6.07 Å². The van der Waals surface area contributed by atoms with Gasteiger partial charge in [0, 0.05) is 6.07 Å². The van der Waals surface area contributed by atoms with Gasteiger partial charge in [0.15, 0.2) is 5.69 Å². The number of aromatic nitrogens is 1. The number of rotatable bonds is 4. The Bertz CT molecular complexity index is 655. The van der Waals surface area contributed by atoms with Gasteiger partial charge in [0.1, 0.15) is 6.26 Å². The lowest BCUT2D eigenvalue weighted by Gasteiger charge is -2.19. The Hall–Kier alpha value is -2.88. The molecule has 0 saturated carbocycles. The SMILES string of the molecule is O=C(NC(c1ccccc1)c1ccccc1)c1ccon1. The third-order valence-corrected chi connectivity index (χ3v) is 3.21. The Kier molecular flexibility index (Phi) is 3.78. The van der Waals surface area contributed by atoms with Crippen LogP contribution in [0.1, 0.15) is 27.7 Å². The second-order valence-electron chi connectivity index (χ2n) is 4.61. The molecule has 0 unspecified atom stereocenters. The van der Waals surface area contributed by atoms with Crippen LogP contribution in [0.2, 0.25) is 0 Å². The molecular weight excluding hydrogens is 264 g/mol. The van der Waals surface area contributed by atoms with Crippen LogP contribution in [-0.2, 0) is 0 Å². The van der Waals surface area contributed by atoms with Gasteiger partial charge in [-0.3, -0.25) is 4.79 Å². The van der Waals surface area contributed by atoms with Crippen molar-refractivity contribution in [1.29, 1.82) is 0 Å². The quantitative estimate of drug-likeness (QED) is 0.797. The van der Waals surface area contributed by atoms with Gasteiger partial charge in [-0.05, 0) is 11.1 Å². The third-order valence-electron chi connectivity index (χ3n) is 3.21. The average molecular weight is 278 g/mol. The van der Waals surface area contributed by atoms with E-state index in [-0.39, 0.29) is 17.6 Å². The first kappa shape index (κ1) is 13.1. The molecule has 0 aliphatic rings. The molecule has 3 rings (SSSR count). The van der Waals surface area contributed by atoms with Gasteiger partial charge in [-0.25, -0.2) is 0 Å². The molecule has 0 bridgehead atoms. The Morgan fingerprint density at radius 1 is 0.905 bits per heavy atom. The minimum Gasteiger partial charge on any atom is -0.364 e. The molecule has 104 valence electrons. The van der Waals surface area contributed by atoms with Crippen molar-refractivity contribution in [2.24, 2.45) is 0 Å².